The summed E-state index contributed by atoms with van der Waals surface area (Å²) < 4.78 is 14.9. The molecule has 0 unspecified atom stereocenters. The summed E-state index contributed by atoms with van der Waals surface area (Å²) in [5.41, 5.74) is 7.31. The number of hydrogen-bond donors (Lipinski definition) is 1. The number of rotatable bonds is 2. The molecule has 3 aromatic rings. The van der Waals surface area contributed by atoms with Gasteiger partial charge < -0.3 is 5.73 Å². The van der Waals surface area contributed by atoms with Gasteiger partial charge in [-0.1, -0.05) is 12.1 Å². The lowest BCUT2D eigenvalue weighted by Crippen LogP contribution is -2.12. The molecule has 0 radical (unpaired) electrons. The fraction of sp³-hybridized carbons (Fsp3) is 0.0667. The Labute approximate surface area is 124 Å². The molecule has 4 nitrogen and oxygen atoms in total. The van der Waals surface area contributed by atoms with Gasteiger partial charge in [-0.3, -0.25) is 4.79 Å². The van der Waals surface area contributed by atoms with Crippen molar-refractivity contribution in [1.82, 2.24) is 9.07 Å². The zero-order valence-electron chi connectivity index (χ0n) is 10.9. The van der Waals surface area contributed by atoms with Crippen LogP contribution in [0.15, 0.2) is 47.4 Å². The maximum atomic E-state index is 13.9. The van der Waals surface area contributed by atoms with Crippen LogP contribution in [-0.4, -0.2) is 9.07 Å². The van der Waals surface area contributed by atoms with Gasteiger partial charge >= 0.3 is 0 Å². The molecular weight excluding hydrogens is 293 g/mol. The molecule has 6 heteroatoms. The Morgan fingerprint density at radius 3 is 2.76 bits per heavy atom. The van der Waals surface area contributed by atoms with Crippen LogP contribution in [0.5, 0.6) is 0 Å². The maximum Gasteiger partial charge on any atom is 0.266 e. The monoisotopic (exact) mass is 303 g/mol. The van der Waals surface area contributed by atoms with Crippen molar-refractivity contribution in [3.05, 3.63) is 64.3 Å². The topological polar surface area (TPSA) is 60.9 Å². The van der Waals surface area contributed by atoms with Crippen LogP contribution in [0.3, 0.4) is 0 Å². The highest BCUT2D eigenvalue weighted by Gasteiger charge is 2.10. The predicted octanol–water partition coefficient (Wildman–Crippen LogP) is 2.66. The number of benzene rings is 1. The van der Waals surface area contributed by atoms with Gasteiger partial charge in [0.1, 0.15) is 5.82 Å². The van der Waals surface area contributed by atoms with Crippen molar-refractivity contribution in [2.75, 3.05) is 0 Å². The zero-order chi connectivity index (χ0) is 15.0. The van der Waals surface area contributed by atoms with Crippen molar-refractivity contribution in [3.63, 3.8) is 0 Å². The lowest BCUT2D eigenvalue weighted by Gasteiger charge is -2.09. The molecule has 0 amide bonds. The third-order valence-corrected chi connectivity index (χ3v) is 3.65. The summed E-state index contributed by atoms with van der Waals surface area (Å²) in [5, 5.41) is 0.673. The minimum absolute atomic E-state index is 0.143. The SMILES string of the molecule is NCc1ccc(-c2ccnc3c2ccc(=O)n3Cl)cc1F. The number of pyridine rings is 2. The van der Waals surface area contributed by atoms with E-state index in [2.05, 4.69) is 4.98 Å². The van der Waals surface area contributed by atoms with Crippen LogP contribution in [0.1, 0.15) is 5.56 Å². The minimum Gasteiger partial charge on any atom is -0.326 e. The molecule has 2 aromatic heterocycles. The quantitative estimate of drug-likeness (QED) is 0.792. The van der Waals surface area contributed by atoms with Crippen LogP contribution in [0.25, 0.3) is 22.2 Å². The molecule has 2 N–H and O–H groups in total. The first-order chi connectivity index (χ1) is 10.1. The van der Waals surface area contributed by atoms with E-state index in [1.165, 1.54) is 18.3 Å². The normalized spacial score (nSPS) is 11.0. The van der Waals surface area contributed by atoms with Gasteiger partial charge in [-0.15, -0.1) is 0 Å². The summed E-state index contributed by atoms with van der Waals surface area (Å²) in [6.45, 7) is 0.143. The fourth-order valence-electron chi connectivity index (χ4n) is 2.24. The van der Waals surface area contributed by atoms with Crippen molar-refractivity contribution >= 4 is 22.8 Å². The first kappa shape index (κ1) is 13.7. The van der Waals surface area contributed by atoms with E-state index < -0.39 is 0 Å². The Kier molecular flexibility index (Phi) is 3.45. The molecule has 0 saturated heterocycles. The highest BCUT2D eigenvalue weighted by Crippen LogP contribution is 2.28. The standard InChI is InChI=1S/C15H11ClFN3O/c16-20-14(21)4-3-12-11(5-6-19-15(12)20)9-1-2-10(8-18)13(17)7-9/h1-7H,8,18H2. The van der Waals surface area contributed by atoms with E-state index in [1.54, 1.807) is 24.3 Å². The summed E-state index contributed by atoms with van der Waals surface area (Å²) in [4.78, 5) is 15.6. The van der Waals surface area contributed by atoms with Crippen molar-refractivity contribution in [1.29, 1.82) is 0 Å². The molecule has 2 heterocycles. The maximum absolute atomic E-state index is 13.9. The van der Waals surface area contributed by atoms with Crippen LogP contribution in [0.2, 0.25) is 0 Å². The van der Waals surface area contributed by atoms with Gasteiger partial charge in [0, 0.05) is 41.5 Å². The number of fused-ring (bicyclic) bond motifs is 1. The van der Waals surface area contributed by atoms with E-state index in [0.717, 1.165) is 9.65 Å². The molecule has 106 valence electrons. The van der Waals surface area contributed by atoms with Gasteiger partial charge in [0.05, 0.1) is 0 Å². The van der Waals surface area contributed by atoms with Crippen LogP contribution >= 0.6 is 11.8 Å². The molecule has 3 rings (SSSR count). The van der Waals surface area contributed by atoms with E-state index in [-0.39, 0.29) is 17.9 Å². The summed E-state index contributed by atoms with van der Waals surface area (Å²) in [6.07, 6.45) is 1.53. The van der Waals surface area contributed by atoms with E-state index in [0.29, 0.717) is 22.2 Å². The molecule has 1 aromatic carbocycles. The number of hydrogen-bond acceptors (Lipinski definition) is 3. The zero-order valence-corrected chi connectivity index (χ0v) is 11.6. The smallest absolute Gasteiger partial charge is 0.266 e. The van der Waals surface area contributed by atoms with Gasteiger partial charge in [0.2, 0.25) is 0 Å². The van der Waals surface area contributed by atoms with E-state index in [4.69, 9.17) is 17.5 Å². The number of aromatic nitrogens is 2. The minimum atomic E-state index is -0.363. The van der Waals surface area contributed by atoms with Crippen molar-refractivity contribution in [2.45, 2.75) is 6.54 Å². The molecular formula is C15H11ClFN3O. The summed E-state index contributed by atoms with van der Waals surface area (Å²) in [6, 6.07) is 9.58. The van der Waals surface area contributed by atoms with Crippen LogP contribution in [0.4, 0.5) is 4.39 Å². The highest BCUT2D eigenvalue weighted by atomic mass is 35.5. The number of nitrogens with two attached hydrogens (primary N) is 1. The summed E-state index contributed by atoms with van der Waals surface area (Å²) in [5.74, 6) is -0.362. The molecule has 0 atom stereocenters. The molecule has 0 saturated carbocycles. The first-order valence-electron chi connectivity index (χ1n) is 6.27. The Morgan fingerprint density at radius 1 is 1.24 bits per heavy atom. The van der Waals surface area contributed by atoms with Crippen LogP contribution in [-0.2, 0) is 6.54 Å². The predicted molar refractivity (Wildman–Crippen MR) is 80.5 cm³/mol. The Hall–Kier alpha value is -2.24. The molecule has 0 bridgehead atoms. The Morgan fingerprint density at radius 2 is 2.05 bits per heavy atom. The molecule has 0 aliphatic heterocycles. The largest absolute Gasteiger partial charge is 0.326 e. The van der Waals surface area contributed by atoms with Gasteiger partial charge in [-0.2, -0.15) is 4.09 Å². The van der Waals surface area contributed by atoms with E-state index in [9.17, 15) is 9.18 Å². The molecule has 0 spiro atoms. The lowest BCUT2D eigenvalue weighted by molar-refractivity contribution is 0.611. The fourth-order valence-corrected chi connectivity index (χ4v) is 2.43. The second-order valence-corrected chi connectivity index (χ2v) is 4.90. The van der Waals surface area contributed by atoms with Crippen molar-refractivity contribution in [2.24, 2.45) is 5.73 Å². The van der Waals surface area contributed by atoms with Gasteiger partial charge in [0.15, 0.2) is 5.65 Å². The molecule has 0 fully saturated rings. The molecule has 0 aliphatic carbocycles. The average molecular weight is 304 g/mol. The lowest BCUT2D eigenvalue weighted by atomic mass is 10.0. The van der Waals surface area contributed by atoms with Gasteiger partial charge in [-0.25, -0.2) is 9.37 Å². The van der Waals surface area contributed by atoms with E-state index in [1.807, 2.05) is 0 Å². The third kappa shape index (κ3) is 2.30. The average Bonchev–Trinajstić information content (AvgIpc) is 2.50. The molecule has 0 aliphatic rings. The van der Waals surface area contributed by atoms with Crippen LogP contribution < -0.4 is 11.3 Å². The number of nitrogens with zero attached hydrogens (tertiary/aromatic N) is 2. The van der Waals surface area contributed by atoms with Gasteiger partial charge in [-0.05, 0) is 29.3 Å². The van der Waals surface area contributed by atoms with E-state index >= 15 is 0 Å². The summed E-state index contributed by atoms with van der Waals surface area (Å²) in [7, 11) is 0. The van der Waals surface area contributed by atoms with Crippen LogP contribution in [0, 0.1) is 5.82 Å². The Bertz CT molecular complexity index is 892. The third-order valence-electron chi connectivity index (χ3n) is 3.33. The molecule has 21 heavy (non-hydrogen) atoms. The van der Waals surface area contributed by atoms with Crippen molar-refractivity contribution < 1.29 is 4.39 Å². The first-order valence-corrected chi connectivity index (χ1v) is 6.61. The summed E-state index contributed by atoms with van der Waals surface area (Å²) >= 11 is 5.92. The van der Waals surface area contributed by atoms with Crippen molar-refractivity contribution in [3.8, 4) is 11.1 Å². The second kappa shape index (κ2) is 5.27. The second-order valence-electron chi connectivity index (χ2n) is 4.56. The number of halogens is 2. The highest BCUT2D eigenvalue weighted by molar-refractivity contribution is 6.18. The Balaban J connectivity index is 2.28. The van der Waals surface area contributed by atoms with Gasteiger partial charge in [0.25, 0.3) is 5.56 Å².